The molecule has 7 heteroatoms. The van der Waals surface area contributed by atoms with E-state index >= 15 is 0 Å². The number of thioether (sulfide) groups is 1. The van der Waals surface area contributed by atoms with Crippen LogP contribution in [-0.4, -0.2) is 31.6 Å². The molecule has 30 heavy (non-hydrogen) atoms. The van der Waals surface area contributed by atoms with Gasteiger partial charge in [-0.05, 0) is 49.6 Å². The van der Waals surface area contributed by atoms with E-state index in [4.69, 9.17) is 0 Å². The van der Waals surface area contributed by atoms with Gasteiger partial charge in [-0.2, -0.15) is 10.2 Å². The Morgan fingerprint density at radius 3 is 2.60 bits per heavy atom. The molecule has 0 spiro atoms. The lowest BCUT2D eigenvalue weighted by molar-refractivity contribution is -0.118. The van der Waals surface area contributed by atoms with Crippen LogP contribution in [0.15, 0.2) is 59.8 Å². The number of benzene rings is 2. The van der Waals surface area contributed by atoms with Crippen LogP contribution in [0, 0.1) is 20.8 Å². The first-order chi connectivity index (χ1) is 14.5. The van der Waals surface area contributed by atoms with Crippen molar-refractivity contribution in [3.63, 3.8) is 0 Å². The smallest absolute Gasteiger partial charge is 0.230 e. The Morgan fingerprint density at radius 2 is 1.83 bits per heavy atom. The van der Waals surface area contributed by atoms with Gasteiger partial charge in [-0.3, -0.25) is 4.79 Å². The molecule has 0 saturated carbocycles. The number of nitrogens with zero attached hydrogens (tertiary/aromatic N) is 4. The molecule has 0 aliphatic carbocycles. The largest absolute Gasteiger partial charge is 0.351 e. The number of aromatic nitrogens is 4. The van der Waals surface area contributed by atoms with Crippen molar-refractivity contribution >= 4 is 28.6 Å². The minimum atomic E-state index is -0.0448. The van der Waals surface area contributed by atoms with Gasteiger partial charge in [0.15, 0.2) is 0 Å². The number of hydrogen-bond donors (Lipinski definition) is 1. The fourth-order valence-corrected chi connectivity index (χ4v) is 3.97. The quantitative estimate of drug-likeness (QED) is 0.477. The first-order valence-corrected chi connectivity index (χ1v) is 10.7. The summed E-state index contributed by atoms with van der Waals surface area (Å²) in [6.45, 7) is 6.60. The van der Waals surface area contributed by atoms with Gasteiger partial charge in [-0.25, -0.2) is 4.68 Å². The van der Waals surface area contributed by atoms with Crippen molar-refractivity contribution in [3.8, 4) is 5.69 Å². The van der Waals surface area contributed by atoms with Crippen LogP contribution >= 0.6 is 11.8 Å². The van der Waals surface area contributed by atoms with Gasteiger partial charge < -0.3 is 5.32 Å². The van der Waals surface area contributed by atoms with Gasteiger partial charge in [0.1, 0.15) is 10.5 Å². The maximum Gasteiger partial charge on any atom is 0.230 e. The third kappa shape index (κ3) is 4.21. The van der Waals surface area contributed by atoms with E-state index in [2.05, 4.69) is 46.6 Å². The standard InChI is InChI=1S/C23H23N5OS/c1-15-9-10-19(11-16(15)2)28-22-20(13-25-28)17(3)26-27-23(22)30-14-21(29)24-12-18-7-5-4-6-8-18/h4-11,13H,12,14H2,1-3H3,(H,24,29). The Labute approximate surface area is 179 Å². The Balaban J connectivity index is 1.56. The van der Waals surface area contributed by atoms with Crippen LogP contribution in [0.4, 0.5) is 0 Å². The van der Waals surface area contributed by atoms with Gasteiger partial charge in [0.25, 0.3) is 0 Å². The van der Waals surface area contributed by atoms with Crippen LogP contribution in [0.25, 0.3) is 16.6 Å². The molecule has 0 radical (unpaired) electrons. The molecule has 0 bridgehead atoms. The van der Waals surface area contributed by atoms with Crippen LogP contribution in [-0.2, 0) is 11.3 Å². The zero-order valence-electron chi connectivity index (χ0n) is 17.2. The summed E-state index contributed by atoms with van der Waals surface area (Å²) in [5, 5.41) is 17.8. The van der Waals surface area contributed by atoms with Crippen LogP contribution < -0.4 is 5.32 Å². The summed E-state index contributed by atoms with van der Waals surface area (Å²) in [6, 6.07) is 16.1. The maximum atomic E-state index is 12.4. The molecule has 0 aliphatic heterocycles. The normalized spacial score (nSPS) is 11.0. The van der Waals surface area contributed by atoms with Gasteiger partial charge in [0, 0.05) is 11.9 Å². The highest BCUT2D eigenvalue weighted by Crippen LogP contribution is 2.29. The number of fused-ring (bicyclic) bond motifs is 1. The second-order valence-electron chi connectivity index (χ2n) is 7.23. The third-order valence-corrected chi connectivity index (χ3v) is 6.01. The molecule has 152 valence electrons. The monoisotopic (exact) mass is 417 g/mol. The van der Waals surface area contributed by atoms with E-state index in [0.717, 1.165) is 27.8 Å². The summed E-state index contributed by atoms with van der Waals surface area (Å²) in [5.74, 6) is 0.217. The zero-order valence-corrected chi connectivity index (χ0v) is 18.0. The van der Waals surface area contributed by atoms with Crippen LogP contribution in [0.3, 0.4) is 0 Å². The zero-order chi connectivity index (χ0) is 21.1. The Kier molecular flexibility index (Phi) is 5.81. The molecule has 0 unspecified atom stereocenters. The lowest BCUT2D eigenvalue weighted by atomic mass is 10.1. The van der Waals surface area contributed by atoms with Crippen molar-refractivity contribution in [3.05, 3.63) is 77.1 Å². The molecule has 1 N–H and O–H groups in total. The third-order valence-electron chi connectivity index (χ3n) is 5.06. The summed E-state index contributed by atoms with van der Waals surface area (Å²) in [6.07, 6.45) is 1.81. The highest BCUT2D eigenvalue weighted by molar-refractivity contribution is 8.00. The van der Waals surface area contributed by atoms with E-state index in [1.54, 1.807) is 0 Å². The predicted molar refractivity (Wildman–Crippen MR) is 120 cm³/mol. The highest BCUT2D eigenvalue weighted by atomic mass is 32.2. The topological polar surface area (TPSA) is 72.7 Å². The van der Waals surface area contributed by atoms with Crippen molar-refractivity contribution in [2.45, 2.75) is 32.3 Å². The minimum Gasteiger partial charge on any atom is -0.351 e. The number of amides is 1. The van der Waals surface area contributed by atoms with E-state index in [1.807, 2.05) is 54.2 Å². The number of hydrogen-bond acceptors (Lipinski definition) is 5. The van der Waals surface area contributed by atoms with Crippen molar-refractivity contribution in [2.24, 2.45) is 0 Å². The lowest BCUT2D eigenvalue weighted by Gasteiger charge is -2.10. The van der Waals surface area contributed by atoms with Crippen molar-refractivity contribution in [2.75, 3.05) is 5.75 Å². The molecule has 0 aliphatic rings. The number of rotatable bonds is 6. The SMILES string of the molecule is Cc1ccc(-n2ncc3c(C)nnc(SCC(=O)NCc4ccccc4)c32)cc1C. The summed E-state index contributed by atoms with van der Waals surface area (Å²) < 4.78 is 1.88. The van der Waals surface area contributed by atoms with E-state index in [0.29, 0.717) is 11.6 Å². The maximum absolute atomic E-state index is 12.4. The Hall–Kier alpha value is -3.19. The lowest BCUT2D eigenvalue weighted by Crippen LogP contribution is -2.24. The fourth-order valence-electron chi connectivity index (χ4n) is 3.17. The average Bonchev–Trinajstić information content (AvgIpc) is 3.21. The Bertz CT molecular complexity index is 1200. The molecule has 4 rings (SSSR count). The first-order valence-electron chi connectivity index (χ1n) is 9.75. The molecule has 0 fully saturated rings. The van der Waals surface area contributed by atoms with E-state index in [1.165, 1.54) is 22.9 Å². The molecule has 0 saturated heterocycles. The van der Waals surface area contributed by atoms with Gasteiger partial charge in [-0.1, -0.05) is 48.2 Å². The second kappa shape index (κ2) is 8.67. The van der Waals surface area contributed by atoms with Crippen molar-refractivity contribution in [1.29, 1.82) is 0 Å². The van der Waals surface area contributed by atoms with Crippen LogP contribution in [0.2, 0.25) is 0 Å². The fraction of sp³-hybridized carbons (Fsp3) is 0.217. The summed E-state index contributed by atoms with van der Waals surface area (Å²) in [4.78, 5) is 12.4. The molecule has 2 heterocycles. The van der Waals surface area contributed by atoms with Gasteiger partial charge in [-0.15, -0.1) is 5.10 Å². The molecule has 0 atom stereocenters. The molecular formula is C23H23N5OS. The van der Waals surface area contributed by atoms with Crippen molar-refractivity contribution < 1.29 is 4.79 Å². The Morgan fingerprint density at radius 1 is 1.03 bits per heavy atom. The van der Waals surface area contributed by atoms with E-state index in [-0.39, 0.29) is 11.7 Å². The first kappa shape index (κ1) is 20.1. The molecule has 4 aromatic rings. The van der Waals surface area contributed by atoms with Gasteiger partial charge in [0.05, 0.1) is 23.3 Å². The second-order valence-corrected chi connectivity index (χ2v) is 8.19. The van der Waals surface area contributed by atoms with Gasteiger partial charge in [0.2, 0.25) is 5.91 Å². The van der Waals surface area contributed by atoms with Crippen LogP contribution in [0.1, 0.15) is 22.4 Å². The van der Waals surface area contributed by atoms with E-state index < -0.39 is 0 Å². The van der Waals surface area contributed by atoms with Crippen LogP contribution in [0.5, 0.6) is 0 Å². The molecule has 2 aromatic heterocycles. The number of nitrogens with one attached hydrogen (secondary N) is 1. The minimum absolute atomic E-state index is 0.0448. The number of carbonyl (C=O) groups excluding carboxylic acids is 1. The van der Waals surface area contributed by atoms with Gasteiger partial charge >= 0.3 is 0 Å². The number of aryl methyl sites for hydroxylation is 3. The summed E-state index contributed by atoms with van der Waals surface area (Å²) in [7, 11) is 0. The molecule has 6 nitrogen and oxygen atoms in total. The molecular weight excluding hydrogens is 394 g/mol. The highest BCUT2D eigenvalue weighted by Gasteiger charge is 2.16. The van der Waals surface area contributed by atoms with E-state index in [9.17, 15) is 4.79 Å². The van der Waals surface area contributed by atoms with Crippen molar-refractivity contribution in [1.82, 2.24) is 25.3 Å². The number of carbonyl (C=O) groups is 1. The predicted octanol–water partition coefficient (Wildman–Crippen LogP) is 4.15. The summed E-state index contributed by atoms with van der Waals surface area (Å²) in [5.41, 5.74) is 6.17. The molecule has 1 amide bonds. The average molecular weight is 418 g/mol. The molecule has 2 aromatic carbocycles. The summed E-state index contributed by atoms with van der Waals surface area (Å²) >= 11 is 1.38.